The maximum absolute atomic E-state index is 12.2. The molecule has 8 heteroatoms. The third-order valence-electron chi connectivity index (χ3n) is 3.07. The van der Waals surface area contributed by atoms with Gasteiger partial charge < -0.3 is 5.32 Å². The van der Waals surface area contributed by atoms with E-state index in [2.05, 4.69) is 10.0 Å². The number of sulfonamides is 1. The van der Waals surface area contributed by atoms with Crippen LogP contribution in [0.25, 0.3) is 0 Å². The van der Waals surface area contributed by atoms with Crippen LogP contribution in [0.1, 0.15) is 20.8 Å². The first kappa shape index (κ1) is 16.4. The molecule has 1 aromatic carbocycles. The van der Waals surface area contributed by atoms with Crippen LogP contribution in [0, 0.1) is 16.0 Å². The van der Waals surface area contributed by atoms with Gasteiger partial charge in [0.25, 0.3) is 5.69 Å². The molecule has 0 amide bonds. The topological polar surface area (TPSA) is 101 Å². The molecule has 0 aliphatic heterocycles. The van der Waals surface area contributed by atoms with E-state index in [0.717, 1.165) is 0 Å². The number of benzene rings is 1. The third-order valence-corrected chi connectivity index (χ3v) is 4.68. The van der Waals surface area contributed by atoms with Gasteiger partial charge in [-0.1, -0.05) is 13.8 Å². The number of hydrogen-bond acceptors (Lipinski definition) is 5. The summed E-state index contributed by atoms with van der Waals surface area (Å²) < 4.78 is 26.9. The molecule has 1 atom stereocenters. The van der Waals surface area contributed by atoms with E-state index >= 15 is 0 Å². The molecule has 2 N–H and O–H groups in total. The zero-order valence-corrected chi connectivity index (χ0v) is 12.7. The first-order chi connectivity index (χ1) is 9.19. The fraction of sp³-hybridized carbons (Fsp3) is 0.500. The van der Waals surface area contributed by atoms with Gasteiger partial charge in [0.15, 0.2) is 4.90 Å². The van der Waals surface area contributed by atoms with Crippen molar-refractivity contribution in [1.82, 2.24) is 4.72 Å². The number of hydrogen-bond donors (Lipinski definition) is 2. The predicted molar refractivity (Wildman–Crippen MR) is 77.3 cm³/mol. The van der Waals surface area contributed by atoms with E-state index in [1.807, 2.05) is 13.8 Å². The normalized spacial score (nSPS) is 13.2. The summed E-state index contributed by atoms with van der Waals surface area (Å²) in [7, 11) is -2.32. The summed E-state index contributed by atoms with van der Waals surface area (Å²) in [5, 5.41) is 13.8. The van der Waals surface area contributed by atoms with Crippen molar-refractivity contribution in [2.75, 3.05) is 12.4 Å². The zero-order valence-electron chi connectivity index (χ0n) is 11.9. The van der Waals surface area contributed by atoms with Crippen LogP contribution in [0.2, 0.25) is 0 Å². The van der Waals surface area contributed by atoms with Crippen molar-refractivity contribution in [2.45, 2.75) is 31.7 Å². The SMILES string of the molecule is CNc1ccc(S(=O)(=O)NC(C)C(C)C)c([N+](=O)[O-])c1. The summed E-state index contributed by atoms with van der Waals surface area (Å²) in [4.78, 5) is 10.0. The number of rotatable bonds is 6. The van der Waals surface area contributed by atoms with E-state index in [-0.39, 0.29) is 16.9 Å². The number of anilines is 1. The van der Waals surface area contributed by atoms with E-state index in [1.165, 1.54) is 18.2 Å². The lowest BCUT2D eigenvalue weighted by Gasteiger charge is -2.17. The molecular formula is C12H19N3O4S. The second kappa shape index (κ2) is 6.19. The maximum atomic E-state index is 12.2. The van der Waals surface area contributed by atoms with Gasteiger partial charge in [-0.05, 0) is 25.0 Å². The van der Waals surface area contributed by atoms with Crippen molar-refractivity contribution in [2.24, 2.45) is 5.92 Å². The van der Waals surface area contributed by atoms with Crippen molar-refractivity contribution in [1.29, 1.82) is 0 Å². The summed E-state index contributed by atoms with van der Waals surface area (Å²) in [5.74, 6) is 0.0837. The lowest BCUT2D eigenvalue weighted by atomic mass is 10.1. The highest BCUT2D eigenvalue weighted by atomic mass is 32.2. The molecule has 1 rings (SSSR count). The Morgan fingerprint density at radius 1 is 1.25 bits per heavy atom. The highest BCUT2D eigenvalue weighted by Crippen LogP contribution is 2.27. The summed E-state index contributed by atoms with van der Waals surface area (Å²) in [6.07, 6.45) is 0. The van der Waals surface area contributed by atoms with Gasteiger partial charge in [-0.15, -0.1) is 0 Å². The Bertz CT molecular complexity index is 599. The molecule has 0 aliphatic carbocycles. The molecule has 0 bridgehead atoms. The van der Waals surface area contributed by atoms with Crippen LogP contribution < -0.4 is 10.0 Å². The van der Waals surface area contributed by atoms with Gasteiger partial charge in [0.2, 0.25) is 10.0 Å². The van der Waals surface area contributed by atoms with Crippen LogP contribution in [-0.2, 0) is 10.0 Å². The highest BCUT2D eigenvalue weighted by Gasteiger charge is 2.28. The van der Waals surface area contributed by atoms with Crippen LogP contribution in [0.5, 0.6) is 0 Å². The molecule has 0 saturated carbocycles. The molecule has 20 heavy (non-hydrogen) atoms. The van der Waals surface area contributed by atoms with Gasteiger partial charge in [0.05, 0.1) is 4.92 Å². The molecule has 1 aromatic rings. The van der Waals surface area contributed by atoms with Gasteiger partial charge in [0.1, 0.15) is 0 Å². The van der Waals surface area contributed by atoms with Gasteiger partial charge in [-0.25, -0.2) is 13.1 Å². The van der Waals surface area contributed by atoms with Crippen molar-refractivity contribution in [3.8, 4) is 0 Å². The van der Waals surface area contributed by atoms with Crippen LogP contribution in [0.3, 0.4) is 0 Å². The van der Waals surface area contributed by atoms with Gasteiger partial charge >= 0.3 is 0 Å². The Balaban J connectivity index is 3.27. The molecule has 0 radical (unpaired) electrons. The average molecular weight is 301 g/mol. The summed E-state index contributed by atoms with van der Waals surface area (Å²) >= 11 is 0. The minimum atomic E-state index is -3.92. The molecule has 0 fully saturated rings. The second-order valence-electron chi connectivity index (χ2n) is 4.84. The van der Waals surface area contributed by atoms with Crippen LogP contribution in [0.4, 0.5) is 11.4 Å². The molecule has 0 heterocycles. The first-order valence-electron chi connectivity index (χ1n) is 6.17. The number of nitro benzene ring substituents is 1. The van der Waals surface area contributed by atoms with Crippen molar-refractivity contribution >= 4 is 21.4 Å². The van der Waals surface area contributed by atoms with E-state index in [9.17, 15) is 18.5 Å². The standard InChI is InChI=1S/C12H19N3O4S/c1-8(2)9(3)14-20(18,19)12-6-5-10(13-4)7-11(12)15(16)17/h5-9,13-14H,1-4H3. The monoisotopic (exact) mass is 301 g/mol. The number of nitrogens with zero attached hydrogens (tertiary/aromatic N) is 1. The van der Waals surface area contributed by atoms with E-state index in [1.54, 1.807) is 14.0 Å². The van der Waals surface area contributed by atoms with Crippen molar-refractivity contribution in [3.05, 3.63) is 28.3 Å². The smallest absolute Gasteiger partial charge is 0.291 e. The maximum Gasteiger partial charge on any atom is 0.291 e. The van der Waals surface area contributed by atoms with Crippen LogP contribution in [0.15, 0.2) is 23.1 Å². The summed E-state index contributed by atoms with van der Waals surface area (Å²) in [6, 6.07) is 3.61. The fourth-order valence-corrected chi connectivity index (χ4v) is 3.03. The Kier molecular flexibility index (Phi) is 5.07. The van der Waals surface area contributed by atoms with E-state index in [0.29, 0.717) is 5.69 Å². The summed E-state index contributed by atoms with van der Waals surface area (Å²) in [6.45, 7) is 5.45. The molecule has 0 aromatic heterocycles. The molecule has 0 aliphatic rings. The molecular weight excluding hydrogens is 282 g/mol. The third kappa shape index (κ3) is 3.67. The van der Waals surface area contributed by atoms with Gasteiger partial charge in [-0.3, -0.25) is 10.1 Å². The Labute approximate surface area is 118 Å². The van der Waals surface area contributed by atoms with E-state index < -0.39 is 20.6 Å². The Hall–Kier alpha value is -1.67. The quantitative estimate of drug-likeness (QED) is 0.618. The predicted octanol–water partition coefficient (Wildman–Crippen LogP) is 1.96. The second-order valence-corrected chi connectivity index (χ2v) is 6.53. The van der Waals surface area contributed by atoms with Gasteiger partial charge in [-0.2, -0.15) is 0 Å². The highest BCUT2D eigenvalue weighted by molar-refractivity contribution is 7.89. The molecule has 112 valence electrons. The molecule has 0 saturated heterocycles. The fourth-order valence-electron chi connectivity index (χ4n) is 1.49. The van der Waals surface area contributed by atoms with Crippen LogP contribution >= 0.6 is 0 Å². The molecule has 7 nitrogen and oxygen atoms in total. The van der Waals surface area contributed by atoms with Crippen molar-refractivity contribution < 1.29 is 13.3 Å². The van der Waals surface area contributed by atoms with Crippen LogP contribution in [-0.4, -0.2) is 26.4 Å². The minimum Gasteiger partial charge on any atom is -0.388 e. The largest absolute Gasteiger partial charge is 0.388 e. The lowest BCUT2D eigenvalue weighted by molar-refractivity contribution is -0.387. The zero-order chi connectivity index (χ0) is 15.5. The minimum absolute atomic E-state index is 0.0837. The number of nitro groups is 1. The lowest BCUT2D eigenvalue weighted by Crippen LogP contribution is -2.36. The van der Waals surface area contributed by atoms with Gasteiger partial charge in [0, 0.05) is 24.8 Å². The summed E-state index contributed by atoms with van der Waals surface area (Å²) in [5.41, 5.74) is 0.0351. The van der Waals surface area contributed by atoms with E-state index in [4.69, 9.17) is 0 Å². The average Bonchev–Trinajstić information content (AvgIpc) is 2.37. The Morgan fingerprint density at radius 2 is 1.85 bits per heavy atom. The molecule has 1 unspecified atom stereocenters. The Morgan fingerprint density at radius 3 is 2.30 bits per heavy atom. The first-order valence-corrected chi connectivity index (χ1v) is 7.66. The van der Waals surface area contributed by atoms with Crippen molar-refractivity contribution in [3.63, 3.8) is 0 Å². The molecule has 0 spiro atoms. The number of nitrogens with one attached hydrogen (secondary N) is 2.